The van der Waals surface area contributed by atoms with Crippen LogP contribution in [0.1, 0.15) is 19.7 Å². The Morgan fingerprint density at radius 1 is 1.24 bits per heavy atom. The minimum atomic E-state index is 0.444. The fraction of sp³-hybridized carbons (Fsp3) is 0.438. The van der Waals surface area contributed by atoms with Gasteiger partial charge in [-0.25, -0.2) is 4.98 Å². The molecule has 1 aromatic heterocycles. The minimum absolute atomic E-state index is 0.444. The number of rotatable bonds is 8. The van der Waals surface area contributed by atoms with Crippen LogP contribution >= 0.6 is 0 Å². The number of aromatic nitrogens is 2. The van der Waals surface area contributed by atoms with Crippen LogP contribution < -0.4 is 14.8 Å². The van der Waals surface area contributed by atoms with Gasteiger partial charge in [-0.15, -0.1) is 0 Å². The zero-order valence-electron chi connectivity index (χ0n) is 12.9. The molecular weight excluding hydrogens is 266 g/mol. The number of methoxy groups -OCH3 is 1. The van der Waals surface area contributed by atoms with Gasteiger partial charge in [-0.2, -0.15) is 0 Å². The first-order valence-corrected chi connectivity index (χ1v) is 7.20. The van der Waals surface area contributed by atoms with Crippen molar-refractivity contribution in [3.8, 4) is 11.5 Å². The summed E-state index contributed by atoms with van der Waals surface area (Å²) in [5.41, 5.74) is 0. The lowest BCUT2D eigenvalue weighted by Gasteiger charge is -2.13. The second-order valence-corrected chi connectivity index (χ2v) is 5.07. The first-order chi connectivity index (χ1) is 10.2. The number of para-hydroxylation sites is 2. The highest BCUT2D eigenvalue weighted by Crippen LogP contribution is 2.25. The third-order valence-corrected chi connectivity index (χ3v) is 3.13. The Kier molecular flexibility index (Phi) is 5.63. The van der Waals surface area contributed by atoms with E-state index in [2.05, 4.69) is 28.7 Å². The molecule has 0 aliphatic carbocycles. The average Bonchev–Trinajstić information content (AvgIpc) is 2.93. The van der Waals surface area contributed by atoms with Crippen molar-refractivity contribution >= 4 is 0 Å². The van der Waals surface area contributed by atoms with E-state index in [1.54, 1.807) is 7.11 Å². The Balaban J connectivity index is 1.87. The molecule has 1 heterocycles. The van der Waals surface area contributed by atoms with Gasteiger partial charge in [0.05, 0.1) is 20.2 Å². The first-order valence-electron chi connectivity index (χ1n) is 7.20. The Labute approximate surface area is 125 Å². The van der Waals surface area contributed by atoms with Crippen LogP contribution in [0.25, 0.3) is 0 Å². The van der Waals surface area contributed by atoms with Crippen molar-refractivity contribution in [1.82, 2.24) is 14.9 Å². The molecule has 0 radical (unpaired) electrons. The SMILES string of the molecule is COc1ccccc1OCCn1ccnc1CNC(C)C. The smallest absolute Gasteiger partial charge is 0.161 e. The lowest BCUT2D eigenvalue weighted by Crippen LogP contribution is -2.24. The number of ether oxygens (including phenoxy) is 2. The molecule has 21 heavy (non-hydrogen) atoms. The maximum absolute atomic E-state index is 5.79. The molecule has 5 nitrogen and oxygen atoms in total. The van der Waals surface area contributed by atoms with E-state index in [0.29, 0.717) is 12.6 Å². The zero-order chi connectivity index (χ0) is 15.1. The van der Waals surface area contributed by atoms with Crippen LogP contribution in [-0.2, 0) is 13.1 Å². The number of benzene rings is 1. The maximum Gasteiger partial charge on any atom is 0.161 e. The molecule has 0 aliphatic rings. The van der Waals surface area contributed by atoms with E-state index in [0.717, 1.165) is 30.4 Å². The van der Waals surface area contributed by atoms with E-state index in [4.69, 9.17) is 9.47 Å². The van der Waals surface area contributed by atoms with Crippen LogP contribution in [0.4, 0.5) is 0 Å². The predicted molar refractivity (Wildman–Crippen MR) is 82.7 cm³/mol. The van der Waals surface area contributed by atoms with Crippen LogP contribution in [0.5, 0.6) is 11.5 Å². The van der Waals surface area contributed by atoms with Crippen molar-refractivity contribution < 1.29 is 9.47 Å². The topological polar surface area (TPSA) is 48.3 Å². The maximum atomic E-state index is 5.79. The Bertz CT molecular complexity index is 552. The standard InChI is InChI=1S/C16H23N3O2/c1-13(2)18-12-16-17-8-9-19(16)10-11-21-15-7-5-4-6-14(15)20-3/h4-9,13,18H,10-12H2,1-3H3. The zero-order valence-corrected chi connectivity index (χ0v) is 12.9. The minimum Gasteiger partial charge on any atom is -0.493 e. The van der Waals surface area contributed by atoms with Crippen molar-refractivity contribution in [3.05, 3.63) is 42.5 Å². The summed E-state index contributed by atoms with van der Waals surface area (Å²) in [5.74, 6) is 2.54. The van der Waals surface area contributed by atoms with E-state index in [1.165, 1.54) is 0 Å². The van der Waals surface area contributed by atoms with Crippen molar-refractivity contribution in [1.29, 1.82) is 0 Å². The summed E-state index contributed by atoms with van der Waals surface area (Å²) in [5, 5.41) is 3.37. The largest absolute Gasteiger partial charge is 0.493 e. The van der Waals surface area contributed by atoms with Gasteiger partial charge in [0, 0.05) is 18.4 Å². The van der Waals surface area contributed by atoms with Crippen molar-refractivity contribution in [2.45, 2.75) is 33.0 Å². The van der Waals surface area contributed by atoms with Gasteiger partial charge >= 0.3 is 0 Å². The number of imidazole rings is 1. The lowest BCUT2D eigenvalue weighted by molar-refractivity contribution is 0.277. The van der Waals surface area contributed by atoms with E-state index < -0.39 is 0 Å². The molecule has 0 fully saturated rings. The second kappa shape index (κ2) is 7.69. The van der Waals surface area contributed by atoms with E-state index in [1.807, 2.05) is 36.7 Å². The molecular formula is C16H23N3O2. The van der Waals surface area contributed by atoms with E-state index in [-0.39, 0.29) is 0 Å². The van der Waals surface area contributed by atoms with Gasteiger partial charge in [-0.1, -0.05) is 26.0 Å². The van der Waals surface area contributed by atoms with Crippen LogP contribution in [0.2, 0.25) is 0 Å². The molecule has 1 aromatic carbocycles. The molecule has 2 rings (SSSR count). The average molecular weight is 289 g/mol. The molecule has 2 aromatic rings. The van der Waals surface area contributed by atoms with Crippen LogP contribution in [0, 0.1) is 0 Å². The molecule has 5 heteroatoms. The summed E-state index contributed by atoms with van der Waals surface area (Å²) in [6.45, 7) is 6.34. The van der Waals surface area contributed by atoms with Crippen molar-refractivity contribution in [2.75, 3.05) is 13.7 Å². The van der Waals surface area contributed by atoms with Gasteiger partial charge in [0.25, 0.3) is 0 Å². The molecule has 0 amide bonds. The fourth-order valence-corrected chi connectivity index (χ4v) is 2.00. The number of hydrogen-bond donors (Lipinski definition) is 1. The Morgan fingerprint density at radius 3 is 2.71 bits per heavy atom. The number of nitrogens with one attached hydrogen (secondary N) is 1. The van der Waals surface area contributed by atoms with E-state index >= 15 is 0 Å². The van der Waals surface area contributed by atoms with Crippen LogP contribution in [-0.4, -0.2) is 29.3 Å². The highest BCUT2D eigenvalue weighted by molar-refractivity contribution is 5.39. The monoisotopic (exact) mass is 289 g/mol. The Hall–Kier alpha value is -2.01. The highest BCUT2D eigenvalue weighted by Gasteiger charge is 2.05. The van der Waals surface area contributed by atoms with Gasteiger partial charge in [-0.3, -0.25) is 0 Å². The molecule has 0 spiro atoms. The van der Waals surface area contributed by atoms with Gasteiger partial charge in [0.2, 0.25) is 0 Å². The summed E-state index contributed by atoms with van der Waals surface area (Å²) in [4.78, 5) is 4.37. The molecule has 0 unspecified atom stereocenters. The molecule has 114 valence electrons. The Morgan fingerprint density at radius 2 is 2.00 bits per heavy atom. The van der Waals surface area contributed by atoms with Crippen LogP contribution in [0.3, 0.4) is 0 Å². The second-order valence-electron chi connectivity index (χ2n) is 5.07. The lowest BCUT2D eigenvalue weighted by atomic mass is 10.3. The molecule has 0 saturated heterocycles. The van der Waals surface area contributed by atoms with Gasteiger partial charge in [-0.05, 0) is 12.1 Å². The molecule has 0 atom stereocenters. The summed E-state index contributed by atoms with van der Waals surface area (Å²) in [6.07, 6.45) is 3.80. The van der Waals surface area contributed by atoms with Crippen LogP contribution in [0.15, 0.2) is 36.7 Å². The number of nitrogens with zero attached hydrogens (tertiary/aromatic N) is 2. The van der Waals surface area contributed by atoms with Gasteiger partial charge in [0.15, 0.2) is 11.5 Å². The molecule has 0 saturated carbocycles. The number of hydrogen-bond acceptors (Lipinski definition) is 4. The van der Waals surface area contributed by atoms with Crippen molar-refractivity contribution in [2.24, 2.45) is 0 Å². The van der Waals surface area contributed by atoms with Gasteiger partial charge in [0.1, 0.15) is 12.4 Å². The quantitative estimate of drug-likeness (QED) is 0.811. The van der Waals surface area contributed by atoms with E-state index in [9.17, 15) is 0 Å². The first kappa shape index (κ1) is 15.4. The summed E-state index contributed by atoms with van der Waals surface area (Å²) < 4.78 is 13.2. The predicted octanol–water partition coefficient (Wildman–Crippen LogP) is 2.47. The highest BCUT2D eigenvalue weighted by atomic mass is 16.5. The summed E-state index contributed by atoms with van der Waals surface area (Å²) in [6, 6.07) is 8.11. The third kappa shape index (κ3) is 4.49. The summed E-state index contributed by atoms with van der Waals surface area (Å²) in [7, 11) is 1.65. The summed E-state index contributed by atoms with van der Waals surface area (Å²) >= 11 is 0. The fourth-order valence-electron chi connectivity index (χ4n) is 2.00. The molecule has 0 bridgehead atoms. The normalized spacial score (nSPS) is 10.9. The van der Waals surface area contributed by atoms with Gasteiger partial charge < -0.3 is 19.4 Å². The molecule has 0 aliphatic heterocycles. The van der Waals surface area contributed by atoms with Crippen molar-refractivity contribution in [3.63, 3.8) is 0 Å². The third-order valence-electron chi connectivity index (χ3n) is 3.13. The molecule has 1 N–H and O–H groups in total.